The number of hydrogen-bond acceptors (Lipinski definition) is 3. The Hall–Kier alpha value is -1.97. The Morgan fingerprint density at radius 3 is 2.81 bits per heavy atom. The minimum atomic E-state index is -1.02. The molecule has 0 aromatic heterocycles. The zero-order valence-electron chi connectivity index (χ0n) is 12.3. The molecule has 0 bridgehead atoms. The van der Waals surface area contributed by atoms with E-state index in [-0.39, 0.29) is 11.3 Å². The van der Waals surface area contributed by atoms with Crippen molar-refractivity contribution in [2.24, 2.45) is 5.92 Å². The van der Waals surface area contributed by atoms with Gasteiger partial charge in [0.05, 0.1) is 0 Å². The number of phenols is 1. The van der Waals surface area contributed by atoms with Crippen molar-refractivity contribution in [2.75, 3.05) is 0 Å². The van der Waals surface area contributed by atoms with E-state index in [0.717, 1.165) is 19.3 Å². The Morgan fingerprint density at radius 1 is 1.43 bits per heavy atom. The lowest BCUT2D eigenvalue weighted by Gasteiger charge is -2.35. The zero-order chi connectivity index (χ0) is 15.2. The molecule has 0 saturated carbocycles. The second-order valence-corrected chi connectivity index (χ2v) is 6.36. The van der Waals surface area contributed by atoms with E-state index in [1.165, 1.54) is 17.7 Å². The van der Waals surface area contributed by atoms with Crippen molar-refractivity contribution in [2.45, 2.75) is 45.1 Å². The fraction of sp³-hybridized carbons (Fsp3) is 0.471. The molecule has 0 amide bonds. The van der Waals surface area contributed by atoms with Gasteiger partial charge < -0.3 is 14.9 Å². The number of ether oxygens (including phenoxy) is 1. The summed E-state index contributed by atoms with van der Waals surface area (Å²) < 4.78 is 6.07. The molecule has 1 unspecified atom stereocenters. The van der Waals surface area contributed by atoms with Crippen LogP contribution in [0, 0.1) is 5.92 Å². The molecule has 2 atom stereocenters. The predicted octanol–water partition coefficient (Wildman–Crippen LogP) is 3.53. The number of carboxylic acid groups (broad SMARTS) is 1. The second-order valence-electron chi connectivity index (χ2n) is 6.36. The Bertz CT molecular complexity index is 632. The highest BCUT2D eigenvalue weighted by Gasteiger charge is 2.44. The van der Waals surface area contributed by atoms with Crippen molar-refractivity contribution in [1.29, 1.82) is 0 Å². The number of aromatic carboxylic acids is 1. The van der Waals surface area contributed by atoms with Crippen LogP contribution in [0.1, 0.15) is 49.0 Å². The molecule has 1 aromatic carbocycles. The molecule has 0 spiro atoms. The molecule has 0 saturated heterocycles. The van der Waals surface area contributed by atoms with Crippen LogP contribution in [0.4, 0.5) is 0 Å². The highest BCUT2D eigenvalue weighted by molar-refractivity contribution is 5.92. The SMILES string of the molecule is CC1=CC[C@@H](C2(C)Cc3c(O)ccc(C(=O)O)c3O2)CC1. The fourth-order valence-electron chi connectivity index (χ4n) is 3.44. The van der Waals surface area contributed by atoms with Crippen molar-refractivity contribution in [1.82, 2.24) is 0 Å². The van der Waals surface area contributed by atoms with Gasteiger partial charge >= 0.3 is 5.97 Å². The van der Waals surface area contributed by atoms with Crippen LogP contribution >= 0.6 is 0 Å². The maximum Gasteiger partial charge on any atom is 0.339 e. The molecule has 1 aliphatic carbocycles. The van der Waals surface area contributed by atoms with Gasteiger partial charge in [0.15, 0.2) is 0 Å². The van der Waals surface area contributed by atoms with E-state index in [1.54, 1.807) is 0 Å². The third-order valence-corrected chi connectivity index (χ3v) is 4.83. The van der Waals surface area contributed by atoms with Crippen molar-refractivity contribution in [3.8, 4) is 11.5 Å². The lowest BCUT2D eigenvalue weighted by molar-refractivity contribution is 0.0400. The first kappa shape index (κ1) is 14.0. The molecule has 112 valence electrons. The maximum absolute atomic E-state index is 11.3. The molecule has 3 rings (SSSR count). The average Bonchev–Trinajstić information content (AvgIpc) is 2.79. The average molecular weight is 288 g/mol. The monoisotopic (exact) mass is 288 g/mol. The number of carboxylic acids is 1. The van der Waals surface area contributed by atoms with Crippen LogP contribution in [0.25, 0.3) is 0 Å². The molecule has 1 aromatic rings. The molecular weight excluding hydrogens is 268 g/mol. The Morgan fingerprint density at radius 2 is 2.19 bits per heavy atom. The van der Waals surface area contributed by atoms with Gasteiger partial charge in [-0.2, -0.15) is 0 Å². The fourth-order valence-corrected chi connectivity index (χ4v) is 3.44. The molecule has 2 aliphatic rings. The van der Waals surface area contributed by atoms with E-state index in [1.807, 2.05) is 6.92 Å². The molecule has 21 heavy (non-hydrogen) atoms. The summed E-state index contributed by atoms with van der Waals surface area (Å²) in [5.41, 5.74) is 1.72. The van der Waals surface area contributed by atoms with Crippen LogP contribution in [0.15, 0.2) is 23.8 Å². The molecule has 2 N–H and O–H groups in total. The zero-order valence-corrected chi connectivity index (χ0v) is 12.3. The summed E-state index contributed by atoms with van der Waals surface area (Å²) in [4.78, 5) is 11.3. The largest absolute Gasteiger partial charge is 0.508 e. The summed E-state index contributed by atoms with van der Waals surface area (Å²) in [6.45, 7) is 4.16. The molecule has 0 radical (unpaired) electrons. The van der Waals surface area contributed by atoms with Gasteiger partial charge in [-0.05, 0) is 45.2 Å². The van der Waals surface area contributed by atoms with Crippen LogP contribution in [-0.4, -0.2) is 21.8 Å². The molecule has 1 aliphatic heterocycles. The van der Waals surface area contributed by atoms with E-state index in [0.29, 0.717) is 23.7 Å². The Labute approximate surface area is 124 Å². The van der Waals surface area contributed by atoms with Crippen molar-refractivity contribution in [3.05, 3.63) is 34.9 Å². The number of carbonyl (C=O) groups is 1. The van der Waals surface area contributed by atoms with E-state index in [2.05, 4.69) is 13.0 Å². The maximum atomic E-state index is 11.3. The predicted molar refractivity (Wildman–Crippen MR) is 78.9 cm³/mol. The summed E-state index contributed by atoms with van der Waals surface area (Å²) in [5, 5.41) is 19.3. The van der Waals surface area contributed by atoms with Gasteiger partial charge in [0.25, 0.3) is 0 Å². The lowest BCUT2D eigenvalue weighted by Crippen LogP contribution is -2.40. The van der Waals surface area contributed by atoms with Crippen LogP contribution in [-0.2, 0) is 6.42 Å². The van der Waals surface area contributed by atoms with E-state index in [4.69, 9.17) is 4.74 Å². The van der Waals surface area contributed by atoms with E-state index in [9.17, 15) is 15.0 Å². The molecular formula is C17H20O4. The number of phenolic OH excluding ortho intramolecular Hbond substituents is 1. The van der Waals surface area contributed by atoms with Crippen LogP contribution in [0.5, 0.6) is 11.5 Å². The van der Waals surface area contributed by atoms with Crippen LogP contribution in [0.2, 0.25) is 0 Å². The lowest BCUT2D eigenvalue weighted by atomic mass is 9.76. The highest BCUT2D eigenvalue weighted by Crippen LogP contribution is 2.48. The van der Waals surface area contributed by atoms with Crippen molar-refractivity contribution >= 4 is 5.97 Å². The quantitative estimate of drug-likeness (QED) is 0.817. The van der Waals surface area contributed by atoms with E-state index >= 15 is 0 Å². The summed E-state index contributed by atoms with van der Waals surface area (Å²) in [6, 6.07) is 2.86. The second kappa shape index (κ2) is 4.79. The number of benzene rings is 1. The third kappa shape index (κ3) is 2.28. The van der Waals surface area contributed by atoms with E-state index < -0.39 is 11.6 Å². The van der Waals surface area contributed by atoms with Crippen molar-refractivity contribution in [3.63, 3.8) is 0 Å². The van der Waals surface area contributed by atoms with Gasteiger partial charge in [0.2, 0.25) is 0 Å². The standard InChI is InChI=1S/C17H20O4/c1-10-3-5-11(6-4-10)17(2)9-13-14(18)8-7-12(16(19)20)15(13)21-17/h3,7-8,11,18H,4-6,9H2,1-2H3,(H,19,20)/t11-,17?/m1/s1. The molecule has 0 fully saturated rings. The number of rotatable bonds is 2. The minimum absolute atomic E-state index is 0.126. The summed E-state index contributed by atoms with van der Waals surface area (Å²) in [6.07, 6.45) is 5.84. The number of hydrogen-bond donors (Lipinski definition) is 2. The van der Waals surface area contributed by atoms with Crippen molar-refractivity contribution < 1.29 is 19.7 Å². The smallest absolute Gasteiger partial charge is 0.339 e. The first-order valence-electron chi connectivity index (χ1n) is 7.33. The summed E-state index contributed by atoms with van der Waals surface area (Å²) in [5.74, 6) is -0.206. The third-order valence-electron chi connectivity index (χ3n) is 4.83. The van der Waals surface area contributed by atoms with Gasteiger partial charge in [0.1, 0.15) is 22.7 Å². The molecule has 4 heteroatoms. The topological polar surface area (TPSA) is 66.8 Å². The van der Waals surface area contributed by atoms with Gasteiger partial charge in [0, 0.05) is 17.9 Å². The first-order chi connectivity index (χ1) is 9.90. The van der Waals surface area contributed by atoms with Gasteiger partial charge in [-0.3, -0.25) is 0 Å². The van der Waals surface area contributed by atoms with Gasteiger partial charge in [-0.1, -0.05) is 11.6 Å². The van der Waals surface area contributed by atoms with Gasteiger partial charge in [-0.15, -0.1) is 0 Å². The highest BCUT2D eigenvalue weighted by atomic mass is 16.5. The molecule has 1 heterocycles. The minimum Gasteiger partial charge on any atom is -0.508 e. The molecule has 4 nitrogen and oxygen atoms in total. The normalized spacial score (nSPS) is 27.7. The first-order valence-corrected chi connectivity index (χ1v) is 7.33. The van der Waals surface area contributed by atoms with Crippen LogP contribution in [0.3, 0.4) is 0 Å². The number of allylic oxidation sites excluding steroid dienone is 2. The summed E-state index contributed by atoms with van der Waals surface area (Å²) in [7, 11) is 0. The summed E-state index contributed by atoms with van der Waals surface area (Å²) >= 11 is 0. The number of aromatic hydroxyl groups is 1. The Kier molecular flexibility index (Phi) is 3.19. The van der Waals surface area contributed by atoms with Gasteiger partial charge in [-0.25, -0.2) is 4.79 Å². The van der Waals surface area contributed by atoms with Crippen LogP contribution < -0.4 is 4.74 Å². The Balaban J connectivity index is 1.95. The number of fused-ring (bicyclic) bond motifs is 1.